The van der Waals surface area contributed by atoms with Crippen molar-refractivity contribution >= 4 is 27.1 Å². The van der Waals surface area contributed by atoms with Crippen molar-refractivity contribution in [2.45, 2.75) is 22.8 Å². The van der Waals surface area contributed by atoms with Crippen molar-refractivity contribution in [2.75, 3.05) is 13.2 Å². The topological polar surface area (TPSA) is 85.4 Å². The molecule has 0 bridgehead atoms. The van der Waals surface area contributed by atoms with E-state index in [0.717, 1.165) is 22.6 Å². The number of nitrogens with one attached hydrogen (secondary N) is 1. The molecule has 1 unspecified atom stereocenters. The van der Waals surface area contributed by atoms with E-state index in [0.29, 0.717) is 12.2 Å². The lowest BCUT2D eigenvalue weighted by Gasteiger charge is -2.18. The number of hydrogen-bond donors (Lipinski definition) is 1. The number of carbonyl (C=O) groups is 1. The van der Waals surface area contributed by atoms with Crippen molar-refractivity contribution in [2.24, 2.45) is 0 Å². The number of carbonyl (C=O) groups excluding carboxylic acids is 1. The minimum absolute atomic E-state index is 0.0260. The van der Waals surface area contributed by atoms with Gasteiger partial charge in [0.2, 0.25) is 5.91 Å². The van der Waals surface area contributed by atoms with Crippen LogP contribution in [0.15, 0.2) is 70.5 Å². The fourth-order valence-electron chi connectivity index (χ4n) is 2.86. The molecule has 152 valence electrons. The van der Waals surface area contributed by atoms with E-state index in [-0.39, 0.29) is 23.1 Å². The Kier molecular flexibility index (Phi) is 7.00. The first-order valence-corrected chi connectivity index (χ1v) is 11.6. The maximum Gasteiger partial charge on any atom is 0.224 e. The monoisotopic (exact) mass is 430 g/mol. The summed E-state index contributed by atoms with van der Waals surface area (Å²) in [5.74, 6) is 0.500. The second-order valence-corrected chi connectivity index (χ2v) is 9.61. The van der Waals surface area contributed by atoms with Gasteiger partial charge in [-0.3, -0.25) is 9.78 Å². The number of thiophene rings is 1. The van der Waals surface area contributed by atoms with Gasteiger partial charge in [-0.15, -0.1) is 11.3 Å². The first-order valence-electron chi connectivity index (χ1n) is 9.16. The van der Waals surface area contributed by atoms with Crippen LogP contribution in [0.25, 0.3) is 0 Å². The zero-order valence-corrected chi connectivity index (χ0v) is 17.6. The van der Waals surface area contributed by atoms with Crippen LogP contribution in [0.1, 0.15) is 23.3 Å². The molecule has 0 saturated heterocycles. The van der Waals surface area contributed by atoms with E-state index in [9.17, 15) is 13.2 Å². The molecular weight excluding hydrogens is 408 g/mol. The summed E-state index contributed by atoms with van der Waals surface area (Å²) in [7, 11) is -3.64. The molecule has 1 atom stereocenters. The molecular formula is C21H22N2O4S2. The zero-order valence-electron chi connectivity index (χ0n) is 15.9. The van der Waals surface area contributed by atoms with Crippen LogP contribution in [0.2, 0.25) is 0 Å². The van der Waals surface area contributed by atoms with E-state index in [1.807, 2.05) is 31.2 Å². The van der Waals surface area contributed by atoms with Gasteiger partial charge >= 0.3 is 0 Å². The third kappa shape index (κ3) is 5.42. The van der Waals surface area contributed by atoms with Crippen molar-refractivity contribution in [1.82, 2.24) is 10.3 Å². The third-order valence-electron chi connectivity index (χ3n) is 4.29. The number of rotatable bonds is 9. The standard InChI is InChI=1S/C21H22N2O4S2/c1-2-27-18-9-7-16(8-10-18)13-20(24)23-15-19(17-5-3-11-22-14-17)29(25,26)21-6-4-12-28-21/h3-12,14,19H,2,13,15H2,1H3,(H,23,24). The Morgan fingerprint density at radius 3 is 2.59 bits per heavy atom. The van der Waals surface area contributed by atoms with E-state index in [2.05, 4.69) is 10.3 Å². The van der Waals surface area contributed by atoms with Crippen LogP contribution in [-0.2, 0) is 21.1 Å². The maximum atomic E-state index is 13.1. The highest BCUT2D eigenvalue weighted by Gasteiger charge is 2.30. The summed E-state index contributed by atoms with van der Waals surface area (Å²) in [4.78, 5) is 16.5. The Labute approximate surface area is 174 Å². The zero-order chi connectivity index (χ0) is 20.7. The average molecular weight is 431 g/mol. The Morgan fingerprint density at radius 2 is 1.97 bits per heavy atom. The summed E-state index contributed by atoms with van der Waals surface area (Å²) >= 11 is 1.16. The molecule has 1 aromatic carbocycles. The molecule has 2 aromatic heterocycles. The summed E-state index contributed by atoms with van der Waals surface area (Å²) in [5, 5.41) is 3.58. The van der Waals surface area contributed by atoms with Gasteiger partial charge < -0.3 is 10.1 Å². The van der Waals surface area contributed by atoms with Crippen molar-refractivity contribution in [3.63, 3.8) is 0 Å². The molecule has 3 aromatic rings. The highest BCUT2D eigenvalue weighted by Crippen LogP contribution is 2.30. The predicted molar refractivity (Wildman–Crippen MR) is 113 cm³/mol. The fraction of sp³-hybridized carbons (Fsp3) is 0.238. The lowest BCUT2D eigenvalue weighted by molar-refractivity contribution is -0.120. The number of ether oxygens (including phenoxy) is 1. The smallest absolute Gasteiger partial charge is 0.224 e. The molecule has 1 N–H and O–H groups in total. The molecule has 8 heteroatoms. The second-order valence-electron chi connectivity index (χ2n) is 6.31. The first-order chi connectivity index (χ1) is 14.0. The van der Waals surface area contributed by atoms with Gasteiger partial charge in [-0.1, -0.05) is 24.3 Å². The Bertz CT molecular complexity index is 1020. The van der Waals surface area contributed by atoms with Gasteiger partial charge in [-0.05, 0) is 47.7 Å². The molecule has 0 aliphatic carbocycles. The molecule has 6 nitrogen and oxygen atoms in total. The van der Waals surface area contributed by atoms with E-state index in [1.54, 1.807) is 35.8 Å². The summed E-state index contributed by atoms with van der Waals surface area (Å²) in [5.41, 5.74) is 1.37. The number of hydrogen-bond acceptors (Lipinski definition) is 6. The molecule has 2 heterocycles. The fourth-order valence-corrected chi connectivity index (χ4v) is 5.71. The lowest BCUT2D eigenvalue weighted by Crippen LogP contribution is -2.32. The third-order valence-corrected chi connectivity index (χ3v) is 7.82. The minimum atomic E-state index is -3.64. The van der Waals surface area contributed by atoms with E-state index in [1.165, 1.54) is 6.20 Å². The largest absolute Gasteiger partial charge is 0.494 e. The summed E-state index contributed by atoms with van der Waals surface area (Å²) in [6, 6.07) is 13.9. The number of benzene rings is 1. The number of nitrogens with zero attached hydrogens (tertiary/aromatic N) is 1. The number of sulfone groups is 1. The Morgan fingerprint density at radius 1 is 1.17 bits per heavy atom. The van der Waals surface area contributed by atoms with Crippen molar-refractivity contribution in [1.29, 1.82) is 0 Å². The molecule has 3 rings (SSSR count). The molecule has 29 heavy (non-hydrogen) atoms. The van der Waals surface area contributed by atoms with E-state index >= 15 is 0 Å². The molecule has 1 amide bonds. The summed E-state index contributed by atoms with van der Waals surface area (Å²) in [6.07, 6.45) is 3.27. The highest BCUT2D eigenvalue weighted by atomic mass is 32.2. The van der Waals surface area contributed by atoms with Crippen LogP contribution in [0.5, 0.6) is 5.75 Å². The molecule has 0 aliphatic heterocycles. The van der Waals surface area contributed by atoms with Crippen LogP contribution < -0.4 is 10.1 Å². The van der Waals surface area contributed by atoms with E-state index < -0.39 is 15.1 Å². The number of aromatic nitrogens is 1. The molecule has 0 saturated carbocycles. The Hall–Kier alpha value is -2.71. The quantitative estimate of drug-likeness (QED) is 0.562. The molecule has 0 fully saturated rings. The van der Waals surface area contributed by atoms with Crippen molar-refractivity contribution < 1.29 is 17.9 Å². The van der Waals surface area contributed by atoms with Crippen LogP contribution in [0, 0.1) is 0 Å². The molecule has 0 radical (unpaired) electrons. The first kappa shape index (κ1) is 21.0. The van der Waals surface area contributed by atoms with Crippen molar-refractivity contribution in [3.8, 4) is 5.75 Å². The molecule has 0 aliphatic rings. The van der Waals surface area contributed by atoms with Gasteiger partial charge in [-0.2, -0.15) is 0 Å². The minimum Gasteiger partial charge on any atom is -0.494 e. The average Bonchev–Trinajstić information content (AvgIpc) is 3.26. The van der Waals surface area contributed by atoms with Gasteiger partial charge in [0.25, 0.3) is 0 Å². The van der Waals surface area contributed by atoms with Crippen LogP contribution in [0.4, 0.5) is 0 Å². The number of pyridine rings is 1. The maximum absolute atomic E-state index is 13.1. The van der Waals surface area contributed by atoms with Crippen LogP contribution >= 0.6 is 11.3 Å². The Balaban J connectivity index is 1.71. The predicted octanol–water partition coefficient (Wildman–Crippen LogP) is 3.42. The normalized spacial score (nSPS) is 12.3. The lowest BCUT2D eigenvalue weighted by atomic mass is 10.1. The summed E-state index contributed by atoms with van der Waals surface area (Å²) in [6.45, 7) is 2.46. The molecule has 0 spiro atoms. The van der Waals surface area contributed by atoms with Gasteiger partial charge in [0.1, 0.15) is 15.2 Å². The highest BCUT2D eigenvalue weighted by molar-refractivity contribution is 7.93. The van der Waals surface area contributed by atoms with Gasteiger partial charge in [-0.25, -0.2) is 8.42 Å². The van der Waals surface area contributed by atoms with Gasteiger partial charge in [0.15, 0.2) is 9.84 Å². The van der Waals surface area contributed by atoms with Crippen LogP contribution in [0.3, 0.4) is 0 Å². The van der Waals surface area contributed by atoms with E-state index in [4.69, 9.17) is 4.74 Å². The number of amides is 1. The summed E-state index contributed by atoms with van der Waals surface area (Å²) < 4.78 is 31.8. The second kappa shape index (κ2) is 9.67. The van der Waals surface area contributed by atoms with Crippen molar-refractivity contribution in [3.05, 3.63) is 77.4 Å². The SMILES string of the molecule is CCOc1ccc(CC(=O)NCC(c2cccnc2)S(=O)(=O)c2cccs2)cc1. The van der Waals surface area contributed by atoms with Gasteiger partial charge in [0.05, 0.1) is 13.0 Å². The van der Waals surface area contributed by atoms with Crippen LogP contribution in [-0.4, -0.2) is 32.5 Å². The van der Waals surface area contributed by atoms with Gasteiger partial charge in [0, 0.05) is 18.9 Å².